The molecular weight excluding hydrogens is 394 g/mol. The molecule has 1 aliphatic rings. The Bertz CT molecular complexity index is 1060. The highest BCUT2D eigenvalue weighted by Crippen LogP contribution is 2.38. The molecule has 160 valence electrons. The summed E-state index contributed by atoms with van der Waals surface area (Å²) < 4.78 is 1.81. The van der Waals surface area contributed by atoms with Crippen molar-refractivity contribution in [1.29, 1.82) is 0 Å². The number of benzene rings is 2. The molecule has 0 aliphatic carbocycles. The third-order valence-electron chi connectivity index (χ3n) is 5.40. The maximum absolute atomic E-state index is 12.2. The van der Waals surface area contributed by atoms with E-state index in [1.165, 1.54) is 11.1 Å². The van der Waals surface area contributed by atoms with Crippen molar-refractivity contribution in [3.05, 3.63) is 71.3 Å². The minimum absolute atomic E-state index is 0.0334. The molecule has 1 amide bonds. The lowest BCUT2D eigenvalue weighted by atomic mass is 9.93. The molecule has 0 bridgehead atoms. The lowest BCUT2D eigenvalue weighted by Crippen LogP contribution is -2.28. The van der Waals surface area contributed by atoms with Crippen molar-refractivity contribution in [3.8, 4) is 0 Å². The van der Waals surface area contributed by atoms with Crippen molar-refractivity contribution in [2.45, 2.75) is 44.7 Å². The first kappa shape index (κ1) is 20.6. The van der Waals surface area contributed by atoms with Crippen LogP contribution in [0.4, 0.5) is 11.9 Å². The van der Waals surface area contributed by atoms with Gasteiger partial charge < -0.3 is 10.4 Å². The zero-order chi connectivity index (χ0) is 21.8. The standard InChI is InChI=1S/C23H25N5O3/c1-15-10-12-16(13-11-15)18-14-19(17-6-3-2-4-7-17)28-23(24-18)26-22(27-28)25-20(29)8-5-9-21(30)31/h2-4,6-7,10-13,18-19H,5,8-9,14H2,1H3,(H,30,31)(H2,24,25,26,27,29). The van der Waals surface area contributed by atoms with E-state index in [9.17, 15) is 9.59 Å². The van der Waals surface area contributed by atoms with Crippen molar-refractivity contribution in [3.63, 3.8) is 0 Å². The molecule has 1 aromatic heterocycles. The van der Waals surface area contributed by atoms with E-state index in [4.69, 9.17) is 5.11 Å². The number of nitrogens with zero attached hydrogens (tertiary/aromatic N) is 3. The van der Waals surface area contributed by atoms with Crippen LogP contribution < -0.4 is 10.6 Å². The van der Waals surface area contributed by atoms with Gasteiger partial charge in [0.15, 0.2) is 0 Å². The van der Waals surface area contributed by atoms with Crippen LogP contribution in [0.1, 0.15) is 54.5 Å². The van der Waals surface area contributed by atoms with Gasteiger partial charge >= 0.3 is 5.97 Å². The van der Waals surface area contributed by atoms with Crippen molar-refractivity contribution in [2.24, 2.45) is 0 Å². The minimum Gasteiger partial charge on any atom is -0.481 e. The van der Waals surface area contributed by atoms with Gasteiger partial charge in [0.2, 0.25) is 11.9 Å². The fourth-order valence-electron chi connectivity index (χ4n) is 3.79. The van der Waals surface area contributed by atoms with Gasteiger partial charge in [-0.1, -0.05) is 60.2 Å². The number of hydrogen-bond acceptors (Lipinski definition) is 5. The number of carboxylic acids is 1. The van der Waals surface area contributed by atoms with E-state index in [0.717, 1.165) is 12.0 Å². The number of anilines is 2. The van der Waals surface area contributed by atoms with Gasteiger partial charge in [0.25, 0.3) is 5.95 Å². The van der Waals surface area contributed by atoms with Crippen LogP contribution in [0.2, 0.25) is 0 Å². The molecule has 0 saturated carbocycles. The predicted molar refractivity (Wildman–Crippen MR) is 117 cm³/mol. The van der Waals surface area contributed by atoms with Crippen LogP contribution in [0, 0.1) is 6.92 Å². The Morgan fingerprint density at radius 3 is 2.55 bits per heavy atom. The average Bonchev–Trinajstić information content (AvgIpc) is 3.16. The smallest absolute Gasteiger partial charge is 0.303 e. The Balaban J connectivity index is 1.58. The van der Waals surface area contributed by atoms with E-state index in [2.05, 4.69) is 64.0 Å². The molecule has 2 heterocycles. The van der Waals surface area contributed by atoms with Crippen LogP contribution in [0.15, 0.2) is 54.6 Å². The number of carbonyl (C=O) groups is 2. The Morgan fingerprint density at radius 2 is 1.84 bits per heavy atom. The lowest BCUT2D eigenvalue weighted by Gasteiger charge is -2.31. The van der Waals surface area contributed by atoms with Gasteiger partial charge in [-0.15, -0.1) is 5.10 Å². The quantitative estimate of drug-likeness (QED) is 0.535. The summed E-state index contributed by atoms with van der Waals surface area (Å²) in [5.41, 5.74) is 3.49. The molecule has 8 heteroatoms. The van der Waals surface area contributed by atoms with Gasteiger partial charge in [-0.05, 0) is 30.9 Å². The summed E-state index contributed by atoms with van der Waals surface area (Å²) in [6, 6.07) is 18.6. The Kier molecular flexibility index (Phi) is 5.97. The third-order valence-corrected chi connectivity index (χ3v) is 5.40. The number of aryl methyl sites for hydroxylation is 1. The Labute approximate surface area is 180 Å². The number of aromatic nitrogens is 3. The van der Waals surface area contributed by atoms with Crippen LogP contribution in [0.25, 0.3) is 0 Å². The number of carbonyl (C=O) groups excluding carboxylic acids is 1. The minimum atomic E-state index is -0.916. The lowest BCUT2D eigenvalue weighted by molar-refractivity contribution is -0.137. The number of nitrogens with one attached hydrogen (secondary N) is 2. The summed E-state index contributed by atoms with van der Waals surface area (Å²) in [6.07, 6.45) is 1.12. The molecule has 0 saturated heterocycles. The van der Waals surface area contributed by atoms with Crippen molar-refractivity contribution in [2.75, 3.05) is 10.6 Å². The Morgan fingerprint density at radius 1 is 1.10 bits per heavy atom. The number of fused-ring (bicyclic) bond motifs is 1. The fraction of sp³-hybridized carbons (Fsp3) is 0.304. The average molecular weight is 419 g/mol. The topological polar surface area (TPSA) is 109 Å². The van der Waals surface area contributed by atoms with Crippen LogP contribution in [0.5, 0.6) is 0 Å². The highest BCUT2D eigenvalue weighted by atomic mass is 16.4. The second-order valence-corrected chi connectivity index (χ2v) is 7.77. The molecule has 2 aromatic carbocycles. The first-order valence-corrected chi connectivity index (χ1v) is 10.4. The molecule has 4 rings (SSSR count). The van der Waals surface area contributed by atoms with E-state index in [1.807, 2.05) is 22.9 Å². The first-order valence-electron chi connectivity index (χ1n) is 10.4. The molecule has 8 nitrogen and oxygen atoms in total. The summed E-state index contributed by atoms with van der Waals surface area (Å²) in [5, 5.41) is 19.4. The number of rotatable bonds is 7. The van der Waals surface area contributed by atoms with Crippen LogP contribution >= 0.6 is 0 Å². The van der Waals surface area contributed by atoms with Crippen molar-refractivity contribution < 1.29 is 14.7 Å². The summed E-state index contributed by atoms with van der Waals surface area (Å²) in [7, 11) is 0. The molecule has 3 N–H and O–H groups in total. The van der Waals surface area contributed by atoms with E-state index in [0.29, 0.717) is 5.95 Å². The summed E-state index contributed by atoms with van der Waals surface area (Å²) in [6.45, 7) is 2.06. The highest BCUT2D eigenvalue weighted by Gasteiger charge is 2.31. The zero-order valence-electron chi connectivity index (χ0n) is 17.3. The molecule has 1 aliphatic heterocycles. The molecule has 3 aromatic rings. The molecule has 0 spiro atoms. The number of amides is 1. The predicted octanol–water partition coefficient (Wildman–Crippen LogP) is 3.93. The zero-order valence-corrected chi connectivity index (χ0v) is 17.3. The normalized spacial score (nSPS) is 17.5. The summed E-state index contributed by atoms with van der Waals surface area (Å²) in [4.78, 5) is 27.3. The highest BCUT2D eigenvalue weighted by molar-refractivity contribution is 5.89. The molecule has 31 heavy (non-hydrogen) atoms. The molecule has 2 atom stereocenters. The van der Waals surface area contributed by atoms with Gasteiger partial charge in [0.05, 0.1) is 12.1 Å². The number of carboxylic acid groups (broad SMARTS) is 1. The van der Waals surface area contributed by atoms with Crippen LogP contribution in [-0.4, -0.2) is 31.7 Å². The second kappa shape index (κ2) is 8.99. The van der Waals surface area contributed by atoms with Gasteiger partial charge in [-0.25, -0.2) is 4.68 Å². The van der Waals surface area contributed by atoms with E-state index < -0.39 is 5.97 Å². The van der Waals surface area contributed by atoms with Gasteiger partial charge in [-0.2, -0.15) is 4.98 Å². The second-order valence-electron chi connectivity index (χ2n) is 7.77. The third kappa shape index (κ3) is 4.91. The monoisotopic (exact) mass is 419 g/mol. The van der Waals surface area contributed by atoms with Gasteiger partial charge in [-0.3, -0.25) is 14.9 Å². The number of aliphatic carboxylic acids is 1. The molecule has 0 radical (unpaired) electrons. The van der Waals surface area contributed by atoms with Gasteiger partial charge in [0.1, 0.15) is 0 Å². The molecule has 2 unspecified atom stereocenters. The van der Waals surface area contributed by atoms with Crippen molar-refractivity contribution >= 4 is 23.8 Å². The fourth-order valence-corrected chi connectivity index (χ4v) is 3.79. The largest absolute Gasteiger partial charge is 0.481 e. The van der Waals surface area contributed by atoms with Gasteiger partial charge in [0, 0.05) is 12.8 Å². The maximum Gasteiger partial charge on any atom is 0.303 e. The van der Waals surface area contributed by atoms with E-state index in [-0.39, 0.29) is 43.2 Å². The number of hydrogen-bond donors (Lipinski definition) is 3. The maximum atomic E-state index is 12.2. The van der Waals surface area contributed by atoms with Crippen molar-refractivity contribution in [1.82, 2.24) is 14.8 Å². The molecular formula is C23H25N5O3. The van der Waals surface area contributed by atoms with Crippen LogP contribution in [-0.2, 0) is 9.59 Å². The summed E-state index contributed by atoms with van der Waals surface area (Å²) in [5.74, 6) is -0.407. The van der Waals surface area contributed by atoms with E-state index in [1.54, 1.807) is 0 Å². The Hall–Kier alpha value is -3.68. The SMILES string of the molecule is Cc1ccc(C2CC(c3ccccc3)n3nc(NC(=O)CCCC(=O)O)nc3N2)cc1. The first-order chi connectivity index (χ1) is 15.0. The van der Waals surface area contributed by atoms with Crippen LogP contribution in [0.3, 0.4) is 0 Å². The van der Waals surface area contributed by atoms with E-state index >= 15 is 0 Å². The molecule has 0 fully saturated rings. The summed E-state index contributed by atoms with van der Waals surface area (Å²) >= 11 is 0.